The van der Waals surface area contributed by atoms with Crippen LogP contribution in [0.5, 0.6) is 0 Å². The second kappa shape index (κ2) is 13.0. The molecule has 1 aliphatic heterocycles. The topological polar surface area (TPSA) is 81.9 Å². The number of nitrogens with zero attached hydrogens (tertiary/aromatic N) is 2. The van der Waals surface area contributed by atoms with Gasteiger partial charge in [-0.3, -0.25) is 9.79 Å². The van der Waals surface area contributed by atoms with Crippen molar-refractivity contribution in [2.24, 2.45) is 4.99 Å². The fourth-order valence-corrected chi connectivity index (χ4v) is 3.23. The number of aryl methyl sites for hydroxylation is 1. The lowest BCUT2D eigenvalue weighted by Gasteiger charge is -2.35. The largest absolute Gasteiger partial charge is 0.459 e. The van der Waals surface area contributed by atoms with Crippen LogP contribution in [0, 0.1) is 6.92 Å². The average molecular weight is 505 g/mol. The van der Waals surface area contributed by atoms with Gasteiger partial charge < -0.3 is 25.3 Å². The Balaban J connectivity index is 0.00000392. The number of guanidine groups is 1. The first-order valence-electron chi connectivity index (χ1n) is 10.1. The average Bonchev–Trinajstić information content (AvgIpc) is 3.08. The third kappa shape index (κ3) is 7.98. The number of furan rings is 1. The molecule has 8 heteroatoms. The standard InChI is InChI=1S/C20H35N5O2.HI/c1-5-21-20(24-17-7-12-25(13-8-17)15(2)3)23-11-6-10-22-19(26)18-16(4)9-14-27-18;/h9,14-15,17H,5-8,10-13H2,1-4H3,(H,22,26)(H2,21,23,24);1H. The van der Waals surface area contributed by atoms with Crippen molar-refractivity contribution in [3.63, 3.8) is 0 Å². The lowest BCUT2D eigenvalue weighted by atomic mass is 10.0. The molecule has 3 N–H and O–H groups in total. The Morgan fingerprint density at radius 1 is 1.32 bits per heavy atom. The van der Waals surface area contributed by atoms with Crippen molar-refractivity contribution < 1.29 is 9.21 Å². The van der Waals surface area contributed by atoms with Gasteiger partial charge in [0, 0.05) is 50.4 Å². The summed E-state index contributed by atoms with van der Waals surface area (Å²) in [5.74, 6) is 1.10. The number of carbonyl (C=O) groups excluding carboxylic acids is 1. The van der Waals surface area contributed by atoms with Crippen LogP contribution < -0.4 is 16.0 Å². The quantitative estimate of drug-likeness (QED) is 0.219. The van der Waals surface area contributed by atoms with Crippen LogP contribution in [0.1, 0.15) is 56.2 Å². The molecule has 0 saturated carbocycles. The molecule has 2 heterocycles. The maximum atomic E-state index is 12.0. The number of likely N-dealkylation sites (tertiary alicyclic amines) is 1. The monoisotopic (exact) mass is 505 g/mol. The highest BCUT2D eigenvalue weighted by molar-refractivity contribution is 14.0. The van der Waals surface area contributed by atoms with Gasteiger partial charge in [0.2, 0.25) is 0 Å². The lowest BCUT2D eigenvalue weighted by Crippen LogP contribution is -2.49. The number of halogens is 1. The minimum absolute atomic E-state index is 0. The van der Waals surface area contributed by atoms with Gasteiger partial charge in [-0.2, -0.15) is 0 Å². The van der Waals surface area contributed by atoms with E-state index in [0.717, 1.165) is 50.4 Å². The first-order valence-corrected chi connectivity index (χ1v) is 10.1. The number of carbonyl (C=O) groups is 1. The molecule has 1 aliphatic rings. The van der Waals surface area contributed by atoms with Crippen LogP contribution in [-0.4, -0.2) is 61.6 Å². The molecule has 0 unspecified atom stereocenters. The van der Waals surface area contributed by atoms with Crippen LogP contribution in [0.25, 0.3) is 0 Å². The Kier molecular flexibility index (Phi) is 11.5. The molecule has 0 aromatic carbocycles. The lowest BCUT2D eigenvalue weighted by molar-refractivity contribution is 0.0925. The minimum atomic E-state index is -0.163. The zero-order chi connectivity index (χ0) is 19.6. The van der Waals surface area contributed by atoms with Crippen LogP contribution in [0.2, 0.25) is 0 Å². The predicted octanol–water partition coefficient (Wildman–Crippen LogP) is 2.75. The van der Waals surface area contributed by atoms with E-state index in [0.29, 0.717) is 30.9 Å². The van der Waals surface area contributed by atoms with Crippen molar-refractivity contribution in [1.29, 1.82) is 0 Å². The fraction of sp³-hybridized carbons (Fsp3) is 0.700. The fourth-order valence-electron chi connectivity index (χ4n) is 3.23. The number of nitrogens with one attached hydrogen (secondary N) is 3. The van der Waals surface area contributed by atoms with Crippen molar-refractivity contribution >= 4 is 35.8 Å². The third-order valence-electron chi connectivity index (χ3n) is 4.90. The Morgan fingerprint density at radius 3 is 2.61 bits per heavy atom. The van der Waals surface area contributed by atoms with E-state index in [2.05, 4.69) is 46.6 Å². The molecule has 0 aliphatic carbocycles. The number of amides is 1. The van der Waals surface area contributed by atoms with Crippen molar-refractivity contribution in [3.8, 4) is 0 Å². The summed E-state index contributed by atoms with van der Waals surface area (Å²) in [7, 11) is 0. The molecule has 160 valence electrons. The Bertz CT molecular complexity index is 609. The van der Waals surface area contributed by atoms with E-state index in [1.54, 1.807) is 6.07 Å². The maximum absolute atomic E-state index is 12.0. The second-order valence-corrected chi connectivity index (χ2v) is 7.35. The van der Waals surface area contributed by atoms with Gasteiger partial charge in [-0.25, -0.2) is 0 Å². The molecule has 1 aromatic heterocycles. The van der Waals surface area contributed by atoms with Gasteiger partial charge in [-0.15, -0.1) is 24.0 Å². The maximum Gasteiger partial charge on any atom is 0.287 e. The molecular weight excluding hydrogens is 469 g/mol. The van der Waals surface area contributed by atoms with Crippen LogP contribution in [0.15, 0.2) is 21.7 Å². The van der Waals surface area contributed by atoms with E-state index in [1.165, 1.54) is 6.26 Å². The Hall–Kier alpha value is -1.29. The summed E-state index contributed by atoms with van der Waals surface area (Å²) in [6.45, 7) is 12.8. The number of piperidine rings is 1. The van der Waals surface area contributed by atoms with E-state index >= 15 is 0 Å². The van der Waals surface area contributed by atoms with Crippen molar-refractivity contribution in [3.05, 3.63) is 23.7 Å². The van der Waals surface area contributed by atoms with E-state index < -0.39 is 0 Å². The molecule has 0 radical (unpaired) electrons. The van der Waals surface area contributed by atoms with Gasteiger partial charge in [-0.1, -0.05) is 0 Å². The Labute approximate surface area is 186 Å². The molecule has 1 amide bonds. The summed E-state index contributed by atoms with van der Waals surface area (Å²) in [5.41, 5.74) is 0.854. The summed E-state index contributed by atoms with van der Waals surface area (Å²) >= 11 is 0. The van der Waals surface area contributed by atoms with Crippen molar-refractivity contribution in [1.82, 2.24) is 20.9 Å². The van der Waals surface area contributed by atoms with Crippen LogP contribution in [0.3, 0.4) is 0 Å². The summed E-state index contributed by atoms with van der Waals surface area (Å²) in [6.07, 6.45) is 4.60. The highest BCUT2D eigenvalue weighted by Gasteiger charge is 2.21. The zero-order valence-electron chi connectivity index (χ0n) is 17.6. The minimum Gasteiger partial charge on any atom is -0.459 e. The molecule has 0 atom stereocenters. The van der Waals surface area contributed by atoms with E-state index in [9.17, 15) is 4.79 Å². The van der Waals surface area contributed by atoms with Gasteiger partial charge in [0.05, 0.1) is 6.26 Å². The number of hydrogen-bond donors (Lipinski definition) is 3. The zero-order valence-corrected chi connectivity index (χ0v) is 19.9. The van der Waals surface area contributed by atoms with Gasteiger partial charge in [-0.05, 0) is 53.0 Å². The van der Waals surface area contributed by atoms with E-state index in [1.807, 2.05) is 6.92 Å². The molecular formula is C20H36IN5O2. The molecule has 2 rings (SSSR count). The van der Waals surface area contributed by atoms with Gasteiger partial charge >= 0.3 is 0 Å². The highest BCUT2D eigenvalue weighted by atomic mass is 127. The molecule has 0 bridgehead atoms. The summed E-state index contributed by atoms with van der Waals surface area (Å²) in [6, 6.07) is 2.88. The molecule has 28 heavy (non-hydrogen) atoms. The SMILES string of the molecule is CCNC(=NCCCNC(=O)c1occc1C)NC1CCN(C(C)C)CC1.I. The van der Waals surface area contributed by atoms with Crippen molar-refractivity contribution in [2.45, 2.75) is 59.0 Å². The smallest absolute Gasteiger partial charge is 0.287 e. The van der Waals surface area contributed by atoms with Crippen LogP contribution >= 0.6 is 24.0 Å². The van der Waals surface area contributed by atoms with Gasteiger partial charge in [0.15, 0.2) is 11.7 Å². The van der Waals surface area contributed by atoms with Gasteiger partial charge in [0.25, 0.3) is 5.91 Å². The molecule has 0 spiro atoms. The van der Waals surface area contributed by atoms with Gasteiger partial charge in [0.1, 0.15) is 0 Å². The molecule has 1 saturated heterocycles. The second-order valence-electron chi connectivity index (χ2n) is 7.35. The van der Waals surface area contributed by atoms with Crippen LogP contribution in [-0.2, 0) is 0 Å². The highest BCUT2D eigenvalue weighted by Crippen LogP contribution is 2.12. The van der Waals surface area contributed by atoms with E-state index in [-0.39, 0.29) is 29.9 Å². The molecule has 1 fully saturated rings. The third-order valence-corrected chi connectivity index (χ3v) is 4.90. The number of hydrogen-bond acceptors (Lipinski definition) is 4. The number of rotatable bonds is 8. The summed E-state index contributed by atoms with van der Waals surface area (Å²) in [5, 5.41) is 9.75. The molecule has 7 nitrogen and oxygen atoms in total. The van der Waals surface area contributed by atoms with E-state index in [4.69, 9.17) is 4.42 Å². The van der Waals surface area contributed by atoms with Crippen LogP contribution in [0.4, 0.5) is 0 Å². The summed E-state index contributed by atoms with van der Waals surface area (Å²) < 4.78 is 5.20. The first-order chi connectivity index (χ1) is 13.0. The first kappa shape index (κ1) is 24.7. The number of aliphatic imine (C=N–C) groups is 1. The molecule has 1 aromatic rings. The normalized spacial score (nSPS) is 16.0. The van der Waals surface area contributed by atoms with Crippen molar-refractivity contribution in [2.75, 3.05) is 32.7 Å². The predicted molar refractivity (Wildman–Crippen MR) is 125 cm³/mol. The summed E-state index contributed by atoms with van der Waals surface area (Å²) in [4.78, 5) is 19.2. The Morgan fingerprint density at radius 2 is 2.04 bits per heavy atom.